The number of nitriles is 1. The van der Waals surface area contributed by atoms with Crippen LogP contribution in [0.4, 0.5) is 0 Å². The number of nitrogens with zero attached hydrogens (tertiary/aromatic N) is 1. The molecule has 0 amide bonds. The first-order valence-electron chi connectivity index (χ1n) is 7.06. The third kappa shape index (κ3) is 2.61. The minimum Gasteiger partial charge on any atom is -0.494 e. The van der Waals surface area contributed by atoms with E-state index in [0.29, 0.717) is 17.9 Å². The van der Waals surface area contributed by atoms with E-state index < -0.39 is 0 Å². The van der Waals surface area contributed by atoms with Crippen molar-refractivity contribution in [2.75, 3.05) is 6.61 Å². The lowest BCUT2D eigenvalue weighted by atomic mass is 9.53. The first-order valence-corrected chi connectivity index (χ1v) is 7.06. The van der Waals surface area contributed by atoms with Crippen molar-refractivity contribution in [2.24, 2.45) is 11.3 Å². The van der Waals surface area contributed by atoms with Gasteiger partial charge in [0.1, 0.15) is 5.75 Å². The lowest BCUT2D eigenvalue weighted by molar-refractivity contribution is 0.0782. The van der Waals surface area contributed by atoms with E-state index in [9.17, 15) is 5.26 Å². The fourth-order valence-electron chi connectivity index (χ4n) is 2.82. The summed E-state index contributed by atoms with van der Waals surface area (Å²) in [6, 6.07) is 10.6. The monoisotopic (exact) mass is 257 g/mol. The fourth-order valence-corrected chi connectivity index (χ4v) is 2.82. The lowest BCUT2D eigenvalue weighted by Gasteiger charge is -2.49. The van der Waals surface area contributed by atoms with E-state index in [1.165, 1.54) is 0 Å². The van der Waals surface area contributed by atoms with Gasteiger partial charge in [0.25, 0.3) is 0 Å². The highest BCUT2D eigenvalue weighted by atomic mass is 16.5. The van der Waals surface area contributed by atoms with Gasteiger partial charge in [-0.25, -0.2) is 0 Å². The molecular formula is C17H23NO. The zero-order valence-corrected chi connectivity index (χ0v) is 12.4. The van der Waals surface area contributed by atoms with Crippen molar-refractivity contribution in [3.05, 3.63) is 29.8 Å². The third-order valence-corrected chi connectivity index (χ3v) is 4.35. The van der Waals surface area contributed by atoms with Crippen molar-refractivity contribution in [1.82, 2.24) is 0 Å². The van der Waals surface area contributed by atoms with Gasteiger partial charge >= 0.3 is 0 Å². The summed E-state index contributed by atoms with van der Waals surface area (Å²) in [7, 11) is 0. The second-order valence-corrected chi connectivity index (χ2v) is 6.62. The van der Waals surface area contributed by atoms with E-state index in [4.69, 9.17) is 4.74 Å². The molecule has 0 N–H and O–H groups in total. The maximum atomic E-state index is 9.56. The molecule has 1 aliphatic carbocycles. The van der Waals surface area contributed by atoms with Crippen LogP contribution in [0.2, 0.25) is 0 Å². The molecule has 0 saturated heterocycles. The maximum Gasteiger partial charge on any atom is 0.119 e. The van der Waals surface area contributed by atoms with E-state index in [1.807, 2.05) is 31.2 Å². The van der Waals surface area contributed by atoms with Crippen molar-refractivity contribution in [1.29, 1.82) is 5.26 Å². The molecule has 0 unspecified atom stereocenters. The number of hydrogen-bond donors (Lipinski definition) is 0. The van der Waals surface area contributed by atoms with Gasteiger partial charge in [0.05, 0.1) is 18.1 Å². The second kappa shape index (κ2) is 4.89. The van der Waals surface area contributed by atoms with Gasteiger partial charge in [0.15, 0.2) is 0 Å². The van der Waals surface area contributed by atoms with Crippen LogP contribution in [-0.4, -0.2) is 6.61 Å². The molecule has 2 rings (SSSR count). The summed E-state index contributed by atoms with van der Waals surface area (Å²) in [6.07, 6.45) is 1.95. The van der Waals surface area contributed by atoms with Crippen LogP contribution in [0.3, 0.4) is 0 Å². The van der Waals surface area contributed by atoms with Gasteiger partial charge < -0.3 is 4.74 Å². The molecule has 2 nitrogen and oxygen atoms in total. The quantitative estimate of drug-likeness (QED) is 0.808. The van der Waals surface area contributed by atoms with Crippen molar-refractivity contribution < 1.29 is 4.74 Å². The molecule has 2 heteroatoms. The Morgan fingerprint density at radius 2 is 1.84 bits per heavy atom. The van der Waals surface area contributed by atoms with Gasteiger partial charge in [-0.05, 0) is 48.8 Å². The SMILES string of the molecule is CCOc1ccc(C2(C#N)CC(C(C)(C)C)C2)cc1. The van der Waals surface area contributed by atoms with Crippen LogP contribution in [0.5, 0.6) is 5.75 Å². The zero-order chi connectivity index (χ0) is 14.1. The predicted octanol–water partition coefficient (Wildman–Crippen LogP) is 4.30. The first-order chi connectivity index (χ1) is 8.91. The van der Waals surface area contributed by atoms with E-state index >= 15 is 0 Å². The minimum atomic E-state index is -0.275. The summed E-state index contributed by atoms with van der Waals surface area (Å²) in [5.41, 5.74) is 1.16. The highest BCUT2D eigenvalue weighted by Crippen LogP contribution is 2.54. The Balaban J connectivity index is 2.14. The van der Waals surface area contributed by atoms with Crippen LogP contribution in [-0.2, 0) is 5.41 Å². The normalized spacial score (nSPS) is 26.4. The molecule has 1 fully saturated rings. The molecule has 1 aromatic rings. The fraction of sp³-hybridized carbons (Fsp3) is 0.588. The lowest BCUT2D eigenvalue weighted by Crippen LogP contribution is -2.45. The van der Waals surface area contributed by atoms with Crippen molar-refractivity contribution in [3.8, 4) is 11.8 Å². The summed E-state index contributed by atoms with van der Waals surface area (Å²) in [5, 5.41) is 9.56. The molecule has 0 spiro atoms. The summed E-state index contributed by atoms with van der Waals surface area (Å²) in [4.78, 5) is 0. The highest BCUT2D eigenvalue weighted by molar-refractivity contribution is 5.39. The smallest absolute Gasteiger partial charge is 0.119 e. The predicted molar refractivity (Wildman–Crippen MR) is 77.1 cm³/mol. The molecule has 19 heavy (non-hydrogen) atoms. The average Bonchev–Trinajstić information content (AvgIpc) is 2.29. The van der Waals surface area contributed by atoms with Crippen LogP contribution < -0.4 is 4.74 Å². The highest BCUT2D eigenvalue weighted by Gasteiger charge is 2.49. The Bertz CT molecular complexity index is 469. The Labute approximate surface area is 116 Å². The minimum absolute atomic E-state index is 0.275. The van der Waals surface area contributed by atoms with Crippen LogP contribution in [0, 0.1) is 22.7 Å². The molecular weight excluding hydrogens is 234 g/mol. The van der Waals surface area contributed by atoms with Gasteiger partial charge in [-0.15, -0.1) is 0 Å². The van der Waals surface area contributed by atoms with E-state index in [-0.39, 0.29) is 5.41 Å². The summed E-state index contributed by atoms with van der Waals surface area (Å²) >= 11 is 0. The second-order valence-electron chi connectivity index (χ2n) is 6.62. The van der Waals surface area contributed by atoms with Gasteiger partial charge in [0.2, 0.25) is 0 Å². The summed E-state index contributed by atoms with van der Waals surface area (Å²) in [5.74, 6) is 1.52. The Morgan fingerprint density at radius 3 is 2.26 bits per heavy atom. The molecule has 0 aliphatic heterocycles. The topological polar surface area (TPSA) is 33.0 Å². The molecule has 1 aromatic carbocycles. The molecule has 0 heterocycles. The van der Waals surface area contributed by atoms with Crippen LogP contribution in [0.25, 0.3) is 0 Å². The van der Waals surface area contributed by atoms with Crippen LogP contribution in [0.15, 0.2) is 24.3 Å². The van der Waals surface area contributed by atoms with Crippen LogP contribution >= 0.6 is 0 Å². The summed E-state index contributed by atoms with van der Waals surface area (Å²) < 4.78 is 5.45. The van der Waals surface area contributed by atoms with Gasteiger partial charge in [0, 0.05) is 0 Å². The number of benzene rings is 1. The van der Waals surface area contributed by atoms with Crippen LogP contribution in [0.1, 0.15) is 46.1 Å². The first kappa shape index (κ1) is 13.9. The summed E-state index contributed by atoms with van der Waals surface area (Å²) in [6.45, 7) is 9.44. The van der Waals surface area contributed by atoms with Gasteiger partial charge in [-0.1, -0.05) is 32.9 Å². The largest absolute Gasteiger partial charge is 0.494 e. The molecule has 1 saturated carbocycles. The molecule has 0 bridgehead atoms. The Kier molecular flexibility index (Phi) is 3.58. The average molecular weight is 257 g/mol. The molecule has 102 valence electrons. The van der Waals surface area contributed by atoms with E-state index in [2.05, 4.69) is 26.8 Å². The van der Waals surface area contributed by atoms with Gasteiger partial charge in [-0.2, -0.15) is 5.26 Å². The molecule has 0 radical (unpaired) electrons. The zero-order valence-electron chi connectivity index (χ0n) is 12.4. The maximum absolute atomic E-state index is 9.56. The third-order valence-electron chi connectivity index (χ3n) is 4.35. The van der Waals surface area contributed by atoms with E-state index in [1.54, 1.807) is 0 Å². The molecule has 1 aliphatic rings. The van der Waals surface area contributed by atoms with Gasteiger partial charge in [-0.3, -0.25) is 0 Å². The van der Waals surface area contributed by atoms with E-state index in [0.717, 1.165) is 24.2 Å². The Hall–Kier alpha value is -1.49. The number of rotatable bonds is 3. The van der Waals surface area contributed by atoms with Crippen molar-refractivity contribution in [3.63, 3.8) is 0 Å². The standard InChI is InChI=1S/C17H23NO/c1-5-19-15-8-6-13(7-9-15)17(12-18)10-14(11-17)16(2,3)4/h6-9,14H,5,10-11H2,1-4H3. The number of ether oxygens (including phenoxy) is 1. The number of hydrogen-bond acceptors (Lipinski definition) is 2. The Morgan fingerprint density at radius 1 is 1.26 bits per heavy atom. The molecule has 0 atom stereocenters. The molecule has 0 aromatic heterocycles. The van der Waals surface area contributed by atoms with Crippen molar-refractivity contribution in [2.45, 2.75) is 46.0 Å². The van der Waals surface area contributed by atoms with Crippen molar-refractivity contribution >= 4 is 0 Å².